The van der Waals surface area contributed by atoms with Crippen molar-refractivity contribution in [2.75, 3.05) is 6.61 Å². The van der Waals surface area contributed by atoms with E-state index in [2.05, 4.69) is 4.74 Å². The Labute approximate surface area is 114 Å². The first-order chi connectivity index (χ1) is 9.36. The average Bonchev–Trinajstić information content (AvgIpc) is 2.44. The molecule has 2 rings (SSSR count). The zero-order valence-corrected chi connectivity index (χ0v) is 10.4. The summed E-state index contributed by atoms with van der Waals surface area (Å²) in [5, 5.41) is 61.9. The maximum Gasteiger partial charge on any atom is 0.184 e. The third kappa shape index (κ3) is 4.30. The standard InChI is InChI=1S/C6H12O6.C6H6O2/c7-1-2-3(8)4(9)5(10)6(11)12-2;7-5-1-2-6(8)4-3-5/h2-11H,1H2;1-4,7-8H/t2-,3+,4+,5-,6-;/m1./s1. The molecule has 1 aliphatic rings. The molecule has 5 atom stereocenters. The van der Waals surface area contributed by atoms with Gasteiger partial charge in [-0.2, -0.15) is 0 Å². The highest BCUT2D eigenvalue weighted by Crippen LogP contribution is 2.19. The van der Waals surface area contributed by atoms with E-state index in [0.717, 1.165) is 0 Å². The van der Waals surface area contributed by atoms with Crippen LogP contribution in [0.15, 0.2) is 24.3 Å². The minimum atomic E-state index is -1.57. The van der Waals surface area contributed by atoms with Crippen LogP contribution in [0.1, 0.15) is 0 Å². The van der Waals surface area contributed by atoms with Gasteiger partial charge in [0.05, 0.1) is 6.61 Å². The highest BCUT2D eigenvalue weighted by molar-refractivity contribution is 5.28. The van der Waals surface area contributed by atoms with Gasteiger partial charge < -0.3 is 40.5 Å². The molecule has 114 valence electrons. The van der Waals surface area contributed by atoms with Gasteiger partial charge in [-0.25, -0.2) is 0 Å². The van der Waals surface area contributed by atoms with Crippen molar-refractivity contribution in [1.82, 2.24) is 0 Å². The molecule has 0 unspecified atom stereocenters. The predicted octanol–water partition coefficient (Wildman–Crippen LogP) is -2.12. The van der Waals surface area contributed by atoms with Gasteiger partial charge in [0.15, 0.2) is 6.29 Å². The molecule has 0 amide bonds. The molecule has 0 bridgehead atoms. The number of aliphatic hydroxyl groups is 5. The van der Waals surface area contributed by atoms with E-state index in [1.165, 1.54) is 24.3 Å². The smallest absolute Gasteiger partial charge is 0.184 e. The molecule has 1 aromatic carbocycles. The number of phenolic OH excluding ortho intramolecular Hbond substituents is 2. The molecule has 8 nitrogen and oxygen atoms in total. The fourth-order valence-corrected chi connectivity index (χ4v) is 1.53. The van der Waals surface area contributed by atoms with Gasteiger partial charge in [-0.15, -0.1) is 0 Å². The van der Waals surface area contributed by atoms with Crippen LogP contribution in [0, 0.1) is 0 Å². The molecule has 7 N–H and O–H groups in total. The second kappa shape index (κ2) is 7.39. The maximum atomic E-state index is 9.12. The Hall–Kier alpha value is -1.42. The monoisotopic (exact) mass is 290 g/mol. The number of aliphatic hydroxyl groups excluding tert-OH is 5. The van der Waals surface area contributed by atoms with Gasteiger partial charge in [-0.1, -0.05) is 0 Å². The Morgan fingerprint density at radius 3 is 1.65 bits per heavy atom. The Kier molecular flexibility index (Phi) is 6.14. The molecule has 0 aliphatic carbocycles. The van der Waals surface area contributed by atoms with Crippen LogP contribution in [0.2, 0.25) is 0 Å². The van der Waals surface area contributed by atoms with E-state index in [4.69, 9.17) is 35.7 Å². The molecule has 1 aliphatic heterocycles. The number of aromatic hydroxyl groups is 2. The number of phenols is 2. The molecule has 0 aromatic heterocycles. The fourth-order valence-electron chi connectivity index (χ4n) is 1.53. The zero-order chi connectivity index (χ0) is 15.3. The molecule has 20 heavy (non-hydrogen) atoms. The third-order valence-corrected chi connectivity index (χ3v) is 2.72. The molecule has 0 spiro atoms. The fraction of sp³-hybridized carbons (Fsp3) is 0.500. The Morgan fingerprint density at radius 2 is 1.25 bits per heavy atom. The molecule has 1 fully saturated rings. The second-order valence-electron chi connectivity index (χ2n) is 4.24. The lowest BCUT2D eigenvalue weighted by Gasteiger charge is -2.37. The van der Waals surface area contributed by atoms with Crippen molar-refractivity contribution >= 4 is 0 Å². The van der Waals surface area contributed by atoms with E-state index in [9.17, 15) is 0 Å². The summed E-state index contributed by atoms with van der Waals surface area (Å²) in [7, 11) is 0. The normalized spacial score (nSPS) is 33.1. The van der Waals surface area contributed by atoms with E-state index >= 15 is 0 Å². The van der Waals surface area contributed by atoms with Gasteiger partial charge in [0.2, 0.25) is 0 Å². The molecular formula is C12H18O8. The summed E-state index contributed by atoms with van der Waals surface area (Å²) in [6, 6.07) is 5.70. The topological polar surface area (TPSA) is 151 Å². The van der Waals surface area contributed by atoms with Gasteiger partial charge in [0.25, 0.3) is 0 Å². The average molecular weight is 290 g/mol. The van der Waals surface area contributed by atoms with Crippen LogP contribution in [0.4, 0.5) is 0 Å². The molecule has 1 saturated heterocycles. The lowest BCUT2D eigenvalue weighted by Crippen LogP contribution is -2.58. The van der Waals surface area contributed by atoms with Crippen LogP contribution < -0.4 is 0 Å². The van der Waals surface area contributed by atoms with Gasteiger partial charge in [0, 0.05) is 0 Å². The molecule has 0 saturated carbocycles. The first-order valence-electron chi connectivity index (χ1n) is 5.83. The highest BCUT2D eigenvalue weighted by Gasteiger charge is 2.42. The first-order valence-corrected chi connectivity index (χ1v) is 5.83. The maximum absolute atomic E-state index is 9.12. The zero-order valence-electron chi connectivity index (χ0n) is 10.4. The molecule has 0 radical (unpaired) electrons. The Morgan fingerprint density at radius 1 is 0.800 bits per heavy atom. The second-order valence-corrected chi connectivity index (χ2v) is 4.24. The molecule has 1 heterocycles. The number of benzene rings is 1. The van der Waals surface area contributed by atoms with Crippen LogP contribution in [-0.4, -0.2) is 73.1 Å². The SMILES string of the molecule is OC[C@H]1O[C@@H](O)[C@H](O)[C@@H](O)[C@H]1O.Oc1ccc(O)cc1. The molecular weight excluding hydrogens is 272 g/mol. The minimum absolute atomic E-state index is 0.169. The van der Waals surface area contributed by atoms with Gasteiger partial charge in [0.1, 0.15) is 35.9 Å². The third-order valence-electron chi connectivity index (χ3n) is 2.72. The minimum Gasteiger partial charge on any atom is -0.508 e. The van der Waals surface area contributed by atoms with Gasteiger partial charge in [-0.3, -0.25) is 0 Å². The summed E-state index contributed by atoms with van der Waals surface area (Å²) in [5.74, 6) is 0.339. The lowest BCUT2D eigenvalue weighted by molar-refractivity contribution is -0.286. The van der Waals surface area contributed by atoms with Crippen molar-refractivity contribution in [1.29, 1.82) is 0 Å². The summed E-state index contributed by atoms with van der Waals surface area (Å²) in [4.78, 5) is 0. The summed E-state index contributed by atoms with van der Waals surface area (Å²) in [6.07, 6.45) is -7.04. The van der Waals surface area contributed by atoms with E-state index in [1.807, 2.05) is 0 Å². The van der Waals surface area contributed by atoms with Crippen LogP contribution in [-0.2, 0) is 4.74 Å². The molecule has 8 heteroatoms. The lowest BCUT2D eigenvalue weighted by atomic mass is 10.00. The van der Waals surface area contributed by atoms with Crippen LogP contribution >= 0.6 is 0 Å². The molecule has 1 aromatic rings. The first kappa shape index (κ1) is 16.6. The quantitative estimate of drug-likeness (QED) is 0.290. The van der Waals surface area contributed by atoms with E-state index in [0.29, 0.717) is 0 Å². The van der Waals surface area contributed by atoms with E-state index in [-0.39, 0.29) is 11.5 Å². The van der Waals surface area contributed by atoms with Crippen LogP contribution in [0.25, 0.3) is 0 Å². The van der Waals surface area contributed by atoms with Crippen LogP contribution in [0.3, 0.4) is 0 Å². The van der Waals surface area contributed by atoms with Crippen molar-refractivity contribution in [2.45, 2.75) is 30.7 Å². The Balaban J connectivity index is 0.000000217. The number of hydrogen-bond donors (Lipinski definition) is 7. The summed E-state index contributed by atoms with van der Waals surface area (Å²) in [5.41, 5.74) is 0. The van der Waals surface area contributed by atoms with Crippen molar-refractivity contribution in [3.63, 3.8) is 0 Å². The summed E-state index contributed by atoms with van der Waals surface area (Å²) in [6.45, 7) is -0.526. The Bertz CT molecular complexity index is 369. The van der Waals surface area contributed by atoms with Gasteiger partial charge >= 0.3 is 0 Å². The van der Waals surface area contributed by atoms with Crippen molar-refractivity contribution < 1.29 is 40.5 Å². The van der Waals surface area contributed by atoms with Crippen molar-refractivity contribution in [2.24, 2.45) is 0 Å². The van der Waals surface area contributed by atoms with Crippen molar-refractivity contribution in [3.8, 4) is 11.5 Å². The largest absolute Gasteiger partial charge is 0.508 e. The van der Waals surface area contributed by atoms with E-state index in [1.54, 1.807) is 0 Å². The summed E-state index contributed by atoms with van der Waals surface area (Å²) >= 11 is 0. The summed E-state index contributed by atoms with van der Waals surface area (Å²) < 4.78 is 4.58. The van der Waals surface area contributed by atoms with Crippen molar-refractivity contribution in [3.05, 3.63) is 24.3 Å². The number of ether oxygens (including phenoxy) is 1. The highest BCUT2D eigenvalue weighted by atomic mass is 16.6. The number of rotatable bonds is 1. The number of hydrogen-bond acceptors (Lipinski definition) is 8. The predicted molar refractivity (Wildman–Crippen MR) is 65.8 cm³/mol. The van der Waals surface area contributed by atoms with E-state index < -0.39 is 37.3 Å². The van der Waals surface area contributed by atoms with Crippen LogP contribution in [0.5, 0.6) is 11.5 Å². The van der Waals surface area contributed by atoms with Gasteiger partial charge in [-0.05, 0) is 24.3 Å².